The number of ether oxygens (including phenoxy) is 3. The van der Waals surface area contributed by atoms with Crippen LogP contribution in [0.5, 0.6) is 17.2 Å². The molecule has 0 atom stereocenters. The Kier molecular flexibility index (Phi) is 5.96. The van der Waals surface area contributed by atoms with E-state index in [1.54, 1.807) is 13.2 Å². The molecule has 0 bridgehead atoms. The van der Waals surface area contributed by atoms with E-state index in [1.807, 2.05) is 55.5 Å². The van der Waals surface area contributed by atoms with Crippen LogP contribution in [0.15, 0.2) is 64.8 Å². The van der Waals surface area contributed by atoms with Gasteiger partial charge in [0.1, 0.15) is 24.0 Å². The van der Waals surface area contributed by atoms with Crippen molar-refractivity contribution in [3.63, 3.8) is 0 Å². The van der Waals surface area contributed by atoms with E-state index in [4.69, 9.17) is 14.2 Å². The maximum Gasteiger partial charge on any atom is 0.231 e. The summed E-state index contributed by atoms with van der Waals surface area (Å²) in [5.41, 5.74) is 4.54. The number of para-hydroxylation sites is 1. The second-order valence-electron chi connectivity index (χ2n) is 8.22. The van der Waals surface area contributed by atoms with Crippen molar-refractivity contribution in [1.82, 2.24) is 4.90 Å². The number of carbonyl (C=O) groups excluding carboxylic acids is 1. The highest BCUT2D eigenvalue weighted by atomic mass is 79.9. The number of methoxy groups -OCH3 is 1. The molecule has 33 heavy (non-hydrogen) atoms. The van der Waals surface area contributed by atoms with Crippen LogP contribution in [-0.2, 0) is 13.0 Å². The maximum absolute atomic E-state index is 13.1. The summed E-state index contributed by atoms with van der Waals surface area (Å²) in [4.78, 5) is 15.4. The van der Waals surface area contributed by atoms with E-state index in [-0.39, 0.29) is 5.78 Å². The van der Waals surface area contributed by atoms with E-state index in [9.17, 15) is 4.79 Å². The number of hydrogen-bond acceptors (Lipinski definition) is 5. The van der Waals surface area contributed by atoms with Gasteiger partial charge >= 0.3 is 0 Å². The van der Waals surface area contributed by atoms with Gasteiger partial charge < -0.3 is 14.2 Å². The lowest BCUT2D eigenvalue weighted by Crippen LogP contribution is -2.34. The van der Waals surface area contributed by atoms with E-state index in [0.29, 0.717) is 23.8 Å². The van der Waals surface area contributed by atoms with E-state index in [1.165, 1.54) is 5.56 Å². The molecule has 5 nitrogen and oxygen atoms in total. The third kappa shape index (κ3) is 4.16. The minimum atomic E-state index is -0.0993. The number of ketones is 1. The molecule has 2 aliphatic heterocycles. The number of hydrogen-bond donors (Lipinski definition) is 0. The lowest BCUT2D eigenvalue weighted by molar-refractivity contribution is 0.0952. The fourth-order valence-corrected chi connectivity index (χ4v) is 4.76. The van der Waals surface area contributed by atoms with E-state index in [0.717, 1.165) is 52.2 Å². The number of carbonyl (C=O) groups is 1. The maximum atomic E-state index is 13.1. The molecule has 0 radical (unpaired) electrons. The third-order valence-corrected chi connectivity index (χ3v) is 6.81. The SMILES string of the molecule is COc1ccccc1CCN1COc2c(cc3c(c2C)O/C(=C\c2ccccc2Br)C3=O)C1. The predicted molar refractivity (Wildman–Crippen MR) is 131 cm³/mol. The molecule has 0 aromatic heterocycles. The van der Waals surface area contributed by atoms with E-state index in [2.05, 4.69) is 26.9 Å². The molecule has 0 N–H and O–H groups in total. The highest BCUT2D eigenvalue weighted by Gasteiger charge is 2.33. The van der Waals surface area contributed by atoms with Crippen LogP contribution in [0.1, 0.15) is 32.6 Å². The van der Waals surface area contributed by atoms with Crippen molar-refractivity contribution in [2.75, 3.05) is 20.4 Å². The minimum absolute atomic E-state index is 0.0993. The number of fused-ring (bicyclic) bond motifs is 2. The standard InChI is InChI=1S/C27H24BrNO4/c1-17-26-20(15-29(16-32-26)12-11-18-7-4-6-10-23(18)31-2)13-21-25(30)24(33-27(17)21)14-19-8-3-5-9-22(19)28/h3-10,13-14H,11-12,15-16H2,1-2H3/b24-14-. The summed E-state index contributed by atoms with van der Waals surface area (Å²) >= 11 is 3.53. The lowest BCUT2D eigenvalue weighted by atomic mass is 10.00. The smallest absolute Gasteiger partial charge is 0.231 e. The molecule has 3 aromatic rings. The van der Waals surface area contributed by atoms with Crippen molar-refractivity contribution < 1.29 is 19.0 Å². The predicted octanol–water partition coefficient (Wildman–Crippen LogP) is 5.78. The molecule has 3 aromatic carbocycles. The molecule has 0 amide bonds. The minimum Gasteiger partial charge on any atom is -0.496 e. The largest absolute Gasteiger partial charge is 0.496 e. The van der Waals surface area contributed by atoms with Crippen molar-refractivity contribution in [2.45, 2.75) is 19.9 Å². The van der Waals surface area contributed by atoms with Gasteiger partial charge in [0.2, 0.25) is 5.78 Å². The second kappa shape index (κ2) is 9.04. The van der Waals surface area contributed by atoms with Crippen LogP contribution in [-0.4, -0.2) is 31.1 Å². The average molecular weight is 506 g/mol. The second-order valence-corrected chi connectivity index (χ2v) is 9.07. The molecule has 168 valence electrons. The highest BCUT2D eigenvalue weighted by molar-refractivity contribution is 9.10. The number of benzene rings is 3. The molecule has 2 aliphatic rings. The molecule has 0 aliphatic carbocycles. The van der Waals surface area contributed by atoms with Gasteiger partial charge in [0.05, 0.1) is 12.7 Å². The Hall–Kier alpha value is -3.09. The summed E-state index contributed by atoms with van der Waals surface area (Å²) < 4.78 is 18.5. The topological polar surface area (TPSA) is 48.0 Å². The van der Waals surface area contributed by atoms with Crippen molar-refractivity contribution in [3.05, 3.63) is 92.6 Å². The summed E-state index contributed by atoms with van der Waals surface area (Å²) in [5.74, 6) is 2.54. The van der Waals surface area contributed by atoms with Crippen LogP contribution < -0.4 is 14.2 Å². The molecule has 5 rings (SSSR count). The molecule has 0 unspecified atom stereocenters. The van der Waals surface area contributed by atoms with Crippen LogP contribution in [0.2, 0.25) is 0 Å². The van der Waals surface area contributed by atoms with Crippen LogP contribution in [0.4, 0.5) is 0 Å². The van der Waals surface area contributed by atoms with Crippen LogP contribution in [0.3, 0.4) is 0 Å². The van der Waals surface area contributed by atoms with Gasteiger partial charge in [-0.3, -0.25) is 9.69 Å². The summed E-state index contributed by atoms with van der Waals surface area (Å²) in [6.07, 6.45) is 2.64. The first kappa shape index (κ1) is 21.7. The average Bonchev–Trinajstić information content (AvgIpc) is 3.15. The summed E-state index contributed by atoms with van der Waals surface area (Å²) in [6.45, 7) is 3.99. The zero-order valence-corrected chi connectivity index (χ0v) is 20.1. The molecule has 0 saturated carbocycles. The van der Waals surface area contributed by atoms with Gasteiger partial charge in [-0.05, 0) is 48.7 Å². The molecular weight excluding hydrogens is 482 g/mol. The Labute approximate surface area is 201 Å². The zero-order chi connectivity index (χ0) is 22.9. The van der Waals surface area contributed by atoms with Crippen molar-refractivity contribution in [2.24, 2.45) is 0 Å². The first-order valence-electron chi connectivity index (χ1n) is 10.9. The third-order valence-electron chi connectivity index (χ3n) is 6.08. The molecule has 6 heteroatoms. The fraction of sp³-hybridized carbons (Fsp3) is 0.222. The quantitative estimate of drug-likeness (QED) is 0.411. The van der Waals surface area contributed by atoms with Gasteiger partial charge in [0, 0.05) is 28.7 Å². The van der Waals surface area contributed by atoms with Crippen molar-refractivity contribution >= 4 is 27.8 Å². The molecule has 0 spiro atoms. The molecule has 0 saturated heterocycles. The van der Waals surface area contributed by atoms with Gasteiger partial charge in [-0.25, -0.2) is 0 Å². The number of rotatable bonds is 5. The Morgan fingerprint density at radius 1 is 1.12 bits per heavy atom. The number of nitrogens with zero attached hydrogens (tertiary/aromatic N) is 1. The molecule has 0 fully saturated rings. The summed E-state index contributed by atoms with van der Waals surface area (Å²) in [5, 5.41) is 0. The number of Topliss-reactive ketones (excluding diaryl/α,β-unsaturated/α-hetero) is 1. The van der Waals surface area contributed by atoms with Gasteiger partial charge in [0.25, 0.3) is 0 Å². The summed E-state index contributed by atoms with van der Waals surface area (Å²) in [6, 6.07) is 17.7. The number of allylic oxidation sites excluding steroid dienone is 1. The summed E-state index contributed by atoms with van der Waals surface area (Å²) in [7, 11) is 1.70. The van der Waals surface area contributed by atoms with Gasteiger partial charge in [-0.1, -0.05) is 52.3 Å². The highest BCUT2D eigenvalue weighted by Crippen LogP contribution is 2.43. The van der Waals surface area contributed by atoms with Gasteiger partial charge in [0.15, 0.2) is 5.76 Å². The van der Waals surface area contributed by atoms with Gasteiger partial charge in [-0.2, -0.15) is 0 Å². The van der Waals surface area contributed by atoms with E-state index < -0.39 is 0 Å². The number of halogens is 1. The lowest BCUT2D eigenvalue weighted by Gasteiger charge is -2.30. The normalized spacial score (nSPS) is 16.2. The Morgan fingerprint density at radius 3 is 2.73 bits per heavy atom. The van der Waals surface area contributed by atoms with E-state index >= 15 is 0 Å². The van der Waals surface area contributed by atoms with Crippen LogP contribution in [0.25, 0.3) is 6.08 Å². The molecule has 2 heterocycles. The van der Waals surface area contributed by atoms with Crippen LogP contribution in [0, 0.1) is 6.92 Å². The molecular formula is C27H24BrNO4. The van der Waals surface area contributed by atoms with Crippen molar-refractivity contribution in [1.29, 1.82) is 0 Å². The first-order valence-corrected chi connectivity index (χ1v) is 11.7. The van der Waals surface area contributed by atoms with Crippen molar-refractivity contribution in [3.8, 4) is 17.2 Å². The Morgan fingerprint density at radius 2 is 1.91 bits per heavy atom. The van der Waals surface area contributed by atoms with Gasteiger partial charge in [-0.15, -0.1) is 0 Å². The Bertz CT molecular complexity index is 1270. The van der Waals surface area contributed by atoms with Crippen LogP contribution >= 0.6 is 15.9 Å². The monoisotopic (exact) mass is 505 g/mol. The first-order chi connectivity index (χ1) is 16.0. The zero-order valence-electron chi connectivity index (χ0n) is 18.6. The fourth-order valence-electron chi connectivity index (χ4n) is 4.36. The Balaban J connectivity index is 1.37.